The summed E-state index contributed by atoms with van der Waals surface area (Å²) in [6, 6.07) is 0. The average molecular weight is 258 g/mol. The van der Waals surface area contributed by atoms with Crippen molar-refractivity contribution in [1.29, 1.82) is 0 Å². The van der Waals surface area contributed by atoms with Crippen LogP contribution in [-0.2, 0) is 9.53 Å². The first-order valence-corrected chi connectivity index (χ1v) is 6.75. The van der Waals surface area contributed by atoms with Crippen molar-refractivity contribution in [2.24, 2.45) is 5.73 Å². The molecule has 1 rings (SSSR count). The van der Waals surface area contributed by atoms with Crippen molar-refractivity contribution in [3.63, 3.8) is 0 Å². The molecule has 0 aromatic heterocycles. The number of rotatable bonds is 6. The highest BCUT2D eigenvalue weighted by atomic mass is 16.5. The van der Waals surface area contributed by atoms with Crippen molar-refractivity contribution < 1.29 is 14.6 Å². The molecule has 0 aromatic rings. The topological polar surface area (TPSA) is 75.8 Å². The van der Waals surface area contributed by atoms with Crippen LogP contribution < -0.4 is 5.73 Å². The molecule has 1 amide bonds. The van der Waals surface area contributed by atoms with Gasteiger partial charge in [0.2, 0.25) is 5.91 Å². The number of unbranched alkanes of at least 4 members (excludes halogenated alkanes) is 2. The Morgan fingerprint density at radius 2 is 2.17 bits per heavy atom. The maximum absolute atomic E-state index is 12.1. The lowest BCUT2D eigenvalue weighted by Crippen LogP contribution is -2.55. The van der Waals surface area contributed by atoms with Gasteiger partial charge in [0.1, 0.15) is 0 Å². The van der Waals surface area contributed by atoms with Crippen molar-refractivity contribution in [2.45, 2.75) is 51.2 Å². The van der Waals surface area contributed by atoms with Gasteiger partial charge in [0, 0.05) is 19.5 Å². The summed E-state index contributed by atoms with van der Waals surface area (Å²) >= 11 is 0. The van der Waals surface area contributed by atoms with Crippen molar-refractivity contribution in [3.8, 4) is 0 Å². The number of aliphatic hydroxyl groups excluding tert-OH is 1. The molecular formula is C13H26N2O3. The van der Waals surface area contributed by atoms with Gasteiger partial charge in [-0.15, -0.1) is 0 Å². The zero-order valence-corrected chi connectivity index (χ0v) is 11.5. The Hall–Kier alpha value is -0.650. The molecule has 0 radical (unpaired) electrons. The maximum atomic E-state index is 12.1. The lowest BCUT2D eigenvalue weighted by atomic mass is 10.0. The Kier molecular flexibility index (Phi) is 6.05. The molecular weight excluding hydrogens is 232 g/mol. The summed E-state index contributed by atoms with van der Waals surface area (Å²) in [5.41, 5.74) is 5.04. The monoisotopic (exact) mass is 258 g/mol. The third kappa shape index (κ3) is 4.92. The van der Waals surface area contributed by atoms with E-state index < -0.39 is 0 Å². The lowest BCUT2D eigenvalue weighted by molar-refractivity contribution is -0.167. The van der Waals surface area contributed by atoms with Crippen LogP contribution in [0.3, 0.4) is 0 Å². The minimum absolute atomic E-state index is 0.0413. The summed E-state index contributed by atoms with van der Waals surface area (Å²) < 4.78 is 5.69. The minimum atomic E-state index is -0.376. The van der Waals surface area contributed by atoms with Gasteiger partial charge < -0.3 is 20.5 Å². The Bertz CT molecular complexity index is 269. The number of carbonyl (C=O) groups is 1. The zero-order valence-electron chi connectivity index (χ0n) is 11.5. The summed E-state index contributed by atoms with van der Waals surface area (Å²) in [5.74, 6) is 0.154. The zero-order chi connectivity index (χ0) is 13.6. The number of hydrogen-bond acceptors (Lipinski definition) is 4. The van der Waals surface area contributed by atoms with E-state index in [0.29, 0.717) is 26.1 Å². The lowest BCUT2D eigenvalue weighted by Gasteiger charge is -2.42. The van der Waals surface area contributed by atoms with E-state index in [1.807, 2.05) is 18.7 Å². The smallest absolute Gasteiger partial charge is 0.222 e. The molecule has 0 aromatic carbocycles. The maximum Gasteiger partial charge on any atom is 0.222 e. The number of nitrogens with zero attached hydrogens (tertiary/aromatic N) is 1. The highest BCUT2D eigenvalue weighted by Gasteiger charge is 2.34. The van der Waals surface area contributed by atoms with Crippen LogP contribution >= 0.6 is 0 Å². The number of hydrogen-bond donors (Lipinski definition) is 2. The summed E-state index contributed by atoms with van der Waals surface area (Å²) in [4.78, 5) is 13.9. The van der Waals surface area contributed by atoms with Crippen LogP contribution in [-0.4, -0.2) is 53.9 Å². The van der Waals surface area contributed by atoms with Gasteiger partial charge in [-0.05, 0) is 33.2 Å². The molecule has 1 heterocycles. The largest absolute Gasteiger partial charge is 0.394 e. The summed E-state index contributed by atoms with van der Waals surface area (Å²) in [5, 5.41) is 9.19. The molecule has 18 heavy (non-hydrogen) atoms. The van der Waals surface area contributed by atoms with Crippen LogP contribution in [0.4, 0.5) is 0 Å². The molecule has 106 valence electrons. The van der Waals surface area contributed by atoms with Crippen LogP contribution in [0.2, 0.25) is 0 Å². The quantitative estimate of drug-likeness (QED) is 0.680. The third-order valence-electron chi connectivity index (χ3n) is 3.13. The number of nitrogens with two attached hydrogens (primary N) is 1. The van der Waals surface area contributed by atoms with Crippen molar-refractivity contribution in [3.05, 3.63) is 0 Å². The van der Waals surface area contributed by atoms with E-state index in [-0.39, 0.29) is 24.2 Å². The molecule has 1 atom stereocenters. The van der Waals surface area contributed by atoms with E-state index in [4.69, 9.17) is 10.5 Å². The highest BCUT2D eigenvalue weighted by molar-refractivity contribution is 5.76. The van der Waals surface area contributed by atoms with Gasteiger partial charge in [0.15, 0.2) is 0 Å². The van der Waals surface area contributed by atoms with Crippen molar-refractivity contribution in [2.75, 3.05) is 26.2 Å². The Morgan fingerprint density at radius 3 is 2.78 bits per heavy atom. The molecule has 3 N–H and O–H groups in total. The fourth-order valence-corrected chi connectivity index (χ4v) is 2.34. The fourth-order valence-electron chi connectivity index (χ4n) is 2.34. The molecule has 1 aliphatic heterocycles. The predicted molar refractivity (Wildman–Crippen MR) is 70.1 cm³/mol. The summed E-state index contributed by atoms with van der Waals surface area (Å²) in [6.07, 6.45) is 3.16. The Labute approximate surface area is 109 Å². The molecule has 0 bridgehead atoms. The standard InChI is InChI=1S/C13H26N2O3/c1-13(2)10-15(8-11(9-16)18-13)12(17)6-4-3-5-7-14/h11,16H,3-10,14H2,1-2H3. The van der Waals surface area contributed by atoms with Crippen LogP contribution in [0.15, 0.2) is 0 Å². The molecule has 0 saturated carbocycles. The molecule has 0 aliphatic carbocycles. The summed E-state index contributed by atoms with van der Waals surface area (Å²) in [7, 11) is 0. The fraction of sp³-hybridized carbons (Fsp3) is 0.923. The number of amides is 1. The first-order valence-electron chi connectivity index (χ1n) is 6.75. The Morgan fingerprint density at radius 1 is 1.44 bits per heavy atom. The molecule has 1 aliphatic rings. The van der Waals surface area contributed by atoms with Crippen LogP contribution in [0.1, 0.15) is 39.5 Å². The SMILES string of the molecule is CC1(C)CN(C(=O)CCCCCN)CC(CO)O1. The van der Waals surface area contributed by atoms with Crippen molar-refractivity contribution >= 4 is 5.91 Å². The predicted octanol–water partition coefficient (Wildman–Crippen LogP) is 0.504. The van der Waals surface area contributed by atoms with Crippen LogP contribution in [0.5, 0.6) is 0 Å². The van der Waals surface area contributed by atoms with E-state index in [1.54, 1.807) is 0 Å². The molecule has 1 fully saturated rings. The second kappa shape index (κ2) is 7.07. The number of carbonyl (C=O) groups excluding carboxylic acids is 1. The number of morpholine rings is 1. The second-order valence-corrected chi connectivity index (χ2v) is 5.56. The van der Waals surface area contributed by atoms with Crippen LogP contribution in [0.25, 0.3) is 0 Å². The molecule has 1 unspecified atom stereocenters. The molecule has 1 saturated heterocycles. The number of aliphatic hydroxyl groups is 1. The van der Waals surface area contributed by atoms with Crippen molar-refractivity contribution in [1.82, 2.24) is 4.90 Å². The van der Waals surface area contributed by atoms with E-state index in [1.165, 1.54) is 0 Å². The first kappa shape index (κ1) is 15.4. The molecule has 0 spiro atoms. The normalized spacial score (nSPS) is 23.1. The average Bonchev–Trinajstić information content (AvgIpc) is 2.32. The van der Waals surface area contributed by atoms with E-state index in [2.05, 4.69) is 0 Å². The second-order valence-electron chi connectivity index (χ2n) is 5.56. The van der Waals surface area contributed by atoms with Gasteiger partial charge in [-0.1, -0.05) is 6.42 Å². The highest BCUT2D eigenvalue weighted by Crippen LogP contribution is 2.21. The van der Waals surface area contributed by atoms with Gasteiger partial charge in [0.05, 0.1) is 18.3 Å². The minimum Gasteiger partial charge on any atom is -0.394 e. The molecule has 5 heteroatoms. The van der Waals surface area contributed by atoms with E-state index >= 15 is 0 Å². The third-order valence-corrected chi connectivity index (χ3v) is 3.13. The molecule has 5 nitrogen and oxygen atoms in total. The van der Waals surface area contributed by atoms with E-state index in [0.717, 1.165) is 19.3 Å². The van der Waals surface area contributed by atoms with Gasteiger partial charge in [-0.3, -0.25) is 4.79 Å². The van der Waals surface area contributed by atoms with Gasteiger partial charge in [-0.25, -0.2) is 0 Å². The van der Waals surface area contributed by atoms with Gasteiger partial charge >= 0.3 is 0 Å². The van der Waals surface area contributed by atoms with Crippen LogP contribution in [0, 0.1) is 0 Å². The van der Waals surface area contributed by atoms with E-state index in [9.17, 15) is 9.90 Å². The Balaban J connectivity index is 2.41. The number of ether oxygens (including phenoxy) is 1. The first-order chi connectivity index (χ1) is 8.48. The summed E-state index contributed by atoms with van der Waals surface area (Å²) in [6.45, 7) is 5.63. The van der Waals surface area contributed by atoms with Gasteiger partial charge in [0.25, 0.3) is 0 Å². The van der Waals surface area contributed by atoms with Gasteiger partial charge in [-0.2, -0.15) is 0 Å².